The van der Waals surface area contributed by atoms with E-state index in [4.69, 9.17) is 14.7 Å². The molecule has 1 unspecified atom stereocenters. The van der Waals surface area contributed by atoms with Crippen LogP contribution in [0, 0.1) is 11.3 Å². The van der Waals surface area contributed by atoms with E-state index in [0.29, 0.717) is 25.2 Å². The minimum absolute atomic E-state index is 0.268. The molecule has 1 N–H and O–H groups in total. The first kappa shape index (κ1) is 19.2. The lowest BCUT2D eigenvalue weighted by atomic mass is 10.1. The number of rotatable bonds is 9. The number of nitriles is 1. The molecule has 27 heavy (non-hydrogen) atoms. The SMILES string of the molecule is COc1ccc(CNC(C)c2cc3ccccc3s2)cc1OCCCC#N. The Bertz CT molecular complexity index is 896. The molecule has 0 saturated carbocycles. The molecule has 3 aromatic rings. The van der Waals surface area contributed by atoms with E-state index < -0.39 is 0 Å². The van der Waals surface area contributed by atoms with E-state index >= 15 is 0 Å². The summed E-state index contributed by atoms with van der Waals surface area (Å²) < 4.78 is 12.5. The maximum atomic E-state index is 8.63. The molecule has 0 aliphatic carbocycles. The summed E-state index contributed by atoms with van der Waals surface area (Å²) in [7, 11) is 1.64. The van der Waals surface area contributed by atoms with Crippen molar-refractivity contribution in [1.29, 1.82) is 5.26 Å². The maximum Gasteiger partial charge on any atom is 0.161 e. The van der Waals surface area contributed by atoms with Crippen molar-refractivity contribution in [2.45, 2.75) is 32.4 Å². The second-order valence-corrected chi connectivity index (χ2v) is 7.50. The van der Waals surface area contributed by atoms with Gasteiger partial charge >= 0.3 is 0 Å². The van der Waals surface area contributed by atoms with Crippen LogP contribution in [0.4, 0.5) is 0 Å². The lowest BCUT2D eigenvalue weighted by molar-refractivity contribution is 0.290. The van der Waals surface area contributed by atoms with E-state index in [1.54, 1.807) is 7.11 Å². The van der Waals surface area contributed by atoms with Gasteiger partial charge in [-0.1, -0.05) is 24.3 Å². The lowest BCUT2D eigenvalue weighted by Crippen LogP contribution is -2.17. The second-order valence-electron chi connectivity index (χ2n) is 6.38. The van der Waals surface area contributed by atoms with Gasteiger partial charge in [0, 0.05) is 28.6 Å². The zero-order valence-corrected chi connectivity index (χ0v) is 16.5. The first-order chi connectivity index (χ1) is 13.2. The van der Waals surface area contributed by atoms with Crippen LogP contribution >= 0.6 is 11.3 Å². The molecule has 140 valence electrons. The minimum Gasteiger partial charge on any atom is -0.493 e. The van der Waals surface area contributed by atoms with Crippen molar-refractivity contribution >= 4 is 21.4 Å². The number of fused-ring (bicyclic) bond motifs is 1. The van der Waals surface area contributed by atoms with Crippen LogP contribution in [0.25, 0.3) is 10.1 Å². The van der Waals surface area contributed by atoms with Crippen molar-refractivity contribution < 1.29 is 9.47 Å². The molecule has 3 rings (SSSR count). The van der Waals surface area contributed by atoms with Crippen LogP contribution in [0.5, 0.6) is 11.5 Å². The van der Waals surface area contributed by atoms with E-state index in [9.17, 15) is 0 Å². The summed E-state index contributed by atoms with van der Waals surface area (Å²) >= 11 is 1.83. The van der Waals surface area contributed by atoms with Crippen LogP contribution in [-0.4, -0.2) is 13.7 Å². The molecule has 1 aromatic heterocycles. The van der Waals surface area contributed by atoms with E-state index in [-0.39, 0.29) is 6.04 Å². The highest BCUT2D eigenvalue weighted by Gasteiger charge is 2.11. The van der Waals surface area contributed by atoms with E-state index in [2.05, 4.69) is 48.6 Å². The molecule has 5 heteroatoms. The first-order valence-corrected chi connectivity index (χ1v) is 9.91. The van der Waals surface area contributed by atoms with Crippen LogP contribution in [0.1, 0.15) is 36.2 Å². The molecule has 1 atom stereocenters. The standard InChI is InChI=1S/C22H24N2O2S/c1-16(22-14-18-7-3-4-8-21(18)27-22)24-15-17-9-10-19(25-2)20(13-17)26-12-6-5-11-23/h3-4,7-10,13-14,16,24H,5-6,12,15H2,1-2H3. The molecular formula is C22H24N2O2S. The molecule has 0 bridgehead atoms. The summed E-state index contributed by atoms with van der Waals surface area (Å²) in [5.41, 5.74) is 1.14. The Balaban J connectivity index is 1.63. The van der Waals surface area contributed by atoms with Gasteiger partial charge in [-0.05, 0) is 48.6 Å². The molecule has 2 aromatic carbocycles. The van der Waals surface area contributed by atoms with Gasteiger partial charge in [-0.2, -0.15) is 5.26 Å². The van der Waals surface area contributed by atoms with Crippen LogP contribution in [0.2, 0.25) is 0 Å². The Morgan fingerprint density at radius 1 is 1.15 bits per heavy atom. The number of nitrogens with zero attached hydrogens (tertiary/aromatic N) is 1. The summed E-state index contributed by atoms with van der Waals surface area (Å²) in [6.07, 6.45) is 1.21. The molecule has 0 fully saturated rings. The zero-order chi connectivity index (χ0) is 19.1. The van der Waals surface area contributed by atoms with Gasteiger partial charge < -0.3 is 14.8 Å². The molecule has 0 amide bonds. The van der Waals surface area contributed by atoms with Gasteiger partial charge in [-0.3, -0.25) is 0 Å². The van der Waals surface area contributed by atoms with Gasteiger partial charge in [-0.15, -0.1) is 11.3 Å². The molecule has 1 heterocycles. The molecule has 0 spiro atoms. The Morgan fingerprint density at radius 2 is 2.00 bits per heavy atom. The average molecular weight is 381 g/mol. The van der Waals surface area contributed by atoms with Crippen molar-refractivity contribution in [3.63, 3.8) is 0 Å². The topological polar surface area (TPSA) is 54.3 Å². The Labute approximate surface area is 164 Å². The Hall–Kier alpha value is -2.55. The third-order valence-corrected chi connectivity index (χ3v) is 5.70. The maximum absolute atomic E-state index is 8.63. The smallest absolute Gasteiger partial charge is 0.161 e. The fourth-order valence-corrected chi connectivity index (χ4v) is 3.96. The number of benzene rings is 2. The fourth-order valence-electron chi connectivity index (χ4n) is 2.86. The first-order valence-electron chi connectivity index (χ1n) is 9.10. The van der Waals surface area contributed by atoms with E-state index in [1.165, 1.54) is 15.0 Å². The highest BCUT2D eigenvalue weighted by molar-refractivity contribution is 7.19. The number of thiophene rings is 1. The zero-order valence-electron chi connectivity index (χ0n) is 15.7. The fraction of sp³-hybridized carbons (Fsp3) is 0.318. The predicted octanol–water partition coefficient (Wildman–Crippen LogP) is 5.44. The van der Waals surface area contributed by atoms with Gasteiger partial charge in [0.05, 0.1) is 19.8 Å². The number of ether oxygens (including phenoxy) is 2. The monoisotopic (exact) mass is 380 g/mol. The second kappa shape index (κ2) is 9.40. The third kappa shape index (κ3) is 5.00. The molecular weight excluding hydrogens is 356 g/mol. The molecule has 0 saturated heterocycles. The van der Waals surface area contributed by atoms with Crippen molar-refractivity contribution in [3.05, 3.63) is 59.0 Å². The summed E-state index contributed by atoms with van der Waals surface area (Å²) in [5.74, 6) is 1.44. The van der Waals surface area contributed by atoms with Gasteiger partial charge in [0.15, 0.2) is 11.5 Å². The largest absolute Gasteiger partial charge is 0.493 e. The summed E-state index contributed by atoms with van der Waals surface area (Å²) in [6.45, 7) is 3.44. The van der Waals surface area contributed by atoms with Crippen molar-refractivity contribution in [2.75, 3.05) is 13.7 Å². The van der Waals surface area contributed by atoms with Crippen LogP contribution in [-0.2, 0) is 6.54 Å². The number of unbranched alkanes of at least 4 members (excludes halogenated alkanes) is 1. The Kier molecular flexibility index (Phi) is 6.69. The highest BCUT2D eigenvalue weighted by Crippen LogP contribution is 2.31. The molecule has 0 aliphatic rings. The number of hydrogen-bond donors (Lipinski definition) is 1. The van der Waals surface area contributed by atoms with Crippen molar-refractivity contribution in [1.82, 2.24) is 5.32 Å². The van der Waals surface area contributed by atoms with E-state index in [0.717, 1.165) is 17.9 Å². The normalized spacial score (nSPS) is 11.9. The third-order valence-electron chi connectivity index (χ3n) is 4.40. The molecule has 0 aliphatic heterocycles. The van der Waals surface area contributed by atoms with Gasteiger partial charge in [0.1, 0.15) is 0 Å². The van der Waals surface area contributed by atoms with Crippen LogP contribution in [0.3, 0.4) is 0 Å². The summed E-state index contributed by atoms with van der Waals surface area (Å²) in [6, 6.07) is 19.1. The predicted molar refractivity (Wildman–Crippen MR) is 110 cm³/mol. The van der Waals surface area contributed by atoms with Crippen molar-refractivity contribution in [2.24, 2.45) is 0 Å². The van der Waals surface area contributed by atoms with Crippen LogP contribution in [0.15, 0.2) is 48.5 Å². The Morgan fingerprint density at radius 3 is 2.78 bits per heavy atom. The number of nitrogens with one attached hydrogen (secondary N) is 1. The van der Waals surface area contributed by atoms with Gasteiger partial charge in [-0.25, -0.2) is 0 Å². The summed E-state index contributed by atoms with van der Waals surface area (Å²) in [4.78, 5) is 1.33. The average Bonchev–Trinajstić information content (AvgIpc) is 3.14. The highest BCUT2D eigenvalue weighted by atomic mass is 32.1. The molecule has 4 nitrogen and oxygen atoms in total. The summed E-state index contributed by atoms with van der Waals surface area (Å²) in [5, 5.41) is 13.5. The van der Waals surface area contributed by atoms with Crippen LogP contribution < -0.4 is 14.8 Å². The van der Waals surface area contributed by atoms with Gasteiger partial charge in [0.25, 0.3) is 0 Å². The van der Waals surface area contributed by atoms with E-state index in [1.807, 2.05) is 29.5 Å². The minimum atomic E-state index is 0.268. The number of hydrogen-bond acceptors (Lipinski definition) is 5. The van der Waals surface area contributed by atoms with Crippen molar-refractivity contribution in [3.8, 4) is 17.6 Å². The quantitative estimate of drug-likeness (QED) is 0.502. The molecule has 0 radical (unpaired) electrons. The number of methoxy groups -OCH3 is 1. The van der Waals surface area contributed by atoms with Gasteiger partial charge in [0.2, 0.25) is 0 Å². The lowest BCUT2D eigenvalue weighted by Gasteiger charge is -2.15.